The van der Waals surface area contributed by atoms with E-state index in [1.54, 1.807) is 54.6 Å². The molecule has 0 aliphatic rings. The van der Waals surface area contributed by atoms with Gasteiger partial charge in [0.1, 0.15) is 0 Å². The largest absolute Gasteiger partial charge is 0.348 e. The minimum absolute atomic E-state index is 0.110. The van der Waals surface area contributed by atoms with E-state index in [0.717, 1.165) is 19.3 Å². The lowest BCUT2D eigenvalue weighted by Crippen LogP contribution is -2.40. The quantitative estimate of drug-likeness (QED) is 0.706. The third-order valence-corrected chi connectivity index (χ3v) is 5.92. The van der Waals surface area contributed by atoms with Crippen LogP contribution in [0.5, 0.6) is 0 Å². The van der Waals surface area contributed by atoms with Gasteiger partial charge >= 0.3 is 0 Å². The summed E-state index contributed by atoms with van der Waals surface area (Å²) >= 11 is 0. The van der Waals surface area contributed by atoms with Gasteiger partial charge in [0.25, 0.3) is 5.91 Å². The number of amides is 1. The highest BCUT2D eigenvalue weighted by molar-refractivity contribution is 7.90. The Kier molecular flexibility index (Phi) is 7.36. The van der Waals surface area contributed by atoms with Crippen LogP contribution in [0.3, 0.4) is 0 Å². The number of carbonyl (C=O) groups excluding carboxylic acids is 1. The summed E-state index contributed by atoms with van der Waals surface area (Å²) in [5, 5.41) is 2.92. The van der Waals surface area contributed by atoms with Gasteiger partial charge in [0.05, 0.1) is 10.6 Å². The van der Waals surface area contributed by atoms with Crippen LogP contribution >= 0.6 is 0 Å². The van der Waals surface area contributed by atoms with Gasteiger partial charge in [0.15, 0.2) is 9.84 Å². The maximum Gasteiger partial charge on any atom is 0.251 e. The van der Waals surface area contributed by atoms with Crippen molar-refractivity contribution in [2.75, 3.05) is 6.54 Å². The number of hydrogen-bond donors (Lipinski definition) is 2. The van der Waals surface area contributed by atoms with E-state index in [1.165, 1.54) is 0 Å². The van der Waals surface area contributed by atoms with Crippen molar-refractivity contribution in [2.24, 2.45) is 5.73 Å². The van der Waals surface area contributed by atoms with E-state index in [1.807, 2.05) is 0 Å². The van der Waals surface area contributed by atoms with Crippen LogP contribution in [0.1, 0.15) is 42.1 Å². The van der Waals surface area contributed by atoms with Crippen LogP contribution in [0, 0.1) is 0 Å². The molecule has 3 N–H and O–H groups in total. The fraction of sp³-hybridized carbons (Fsp3) is 0.350. The molecule has 1 atom stereocenters. The molecule has 2 aromatic rings. The lowest BCUT2D eigenvalue weighted by Gasteiger charge is -2.18. The molecular formula is C20H26N2O3S. The van der Waals surface area contributed by atoms with Crippen molar-refractivity contribution < 1.29 is 13.2 Å². The SMILES string of the molecule is CCCCC(CN)NC(=O)c1ccccc1CS(=O)(=O)c1ccccc1. The second-order valence-electron chi connectivity index (χ2n) is 6.28. The Balaban J connectivity index is 2.21. The first-order valence-electron chi connectivity index (χ1n) is 8.84. The summed E-state index contributed by atoms with van der Waals surface area (Å²) in [4.78, 5) is 12.9. The zero-order valence-corrected chi connectivity index (χ0v) is 15.8. The minimum Gasteiger partial charge on any atom is -0.348 e. The van der Waals surface area contributed by atoms with E-state index in [4.69, 9.17) is 5.73 Å². The first-order valence-corrected chi connectivity index (χ1v) is 10.5. The molecule has 0 heterocycles. The van der Waals surface area contributed by atoms with Crippen LogP contribution < -0.4 is 11.1 Å². The second-order valence-corrected chi connectivity index (χ2v) is 8.27. The van der Waals surface area contributed by atoms with Crippen LogP contribution in [0.2, 0.25) is 0 Å². The smallest absolute Gasteiger partial charge is 0.251 e. The van der Waals surface area contributed by atoms with Crippen LogP contribution in [0.4, 0.5) is 0 Å². The Hall–Kier alpha value is -2.18. The summed E-state index contributed by atoms with van der Waals surface area (Å²) in [7, 11) is -3.52. The maximum atomic E-state index is 12.7. The molecule has 0 aliphatic carbocycles. The number of rotatable bonds is 9. The van der Waals surface area contributed by atoms with Gasteiger partial charge in [-0.15, -0.1) is 0 Å². The third kappa shape index (κ3) is 5.41. The van der Waals surface area contributed by atoms with Crippen molar-refractivity contribution in [1.82, 2.24) is 5.32 Å². The summed E-state index contributed by atoms with van der Waals surface area (Å²) in [5.41, 5.74) is 6.61. The molecule has 1 unspecified atom stereocenters. The highest BCUT2D eigenvalue weighted by Gasteiger charge is 2.20. The molecule has 0 radical (unpaired) electrons. The van der Waals surface area contributed by atoms with Crippen molar-refractivity contribution in [2.45, 2.75) is 42.9 Å². The Bertz CT molecular complexity index is 820. The number of nitrogens with one attached hydrogen (secondary N) is 1. The van der Waals surface area contributed by atoms with Crippen molar-refractivity contribution in [3.8, 4) is 0 Å². The average Bonchev–Trinajstić information content (AvgIpc) is 2.65. The summed E-state index contributed by atoms with van der Waals surface area (Å²) in [6, 6.07) is 15.0. The number of unbranched alkanes of at least 4 members (excludes halogenated alkanes) is 1. The van der Waals surface area contributed by atoms with Gasteiger partial charge in [-0.1, -0.05) is 56.2 Å². The molecule has 6 heteroatoms. The van der Waals surface area contributed by atoms with E-state index in [0.29, 0.717) is 17.7 Å². The minimum atomic E-state index is -3.52. The Labute approximate surface area is 155 Å². The van der Waals surface area contributed by atoms with Gasteiger partial charge in [-0.2, -0.15) is 0 Å². The molecule has 0 spiro atoms. The van der Waals surface area contributed by atoms with E-state index < -0.39 is 9.84 Å². The zero-order chi connectivity index (χ0) is 19.0. The summed E-state index contributed by atoms with van der Waals surface area (Å²) in [6.07, 6.45) is 2.81. The summed E-state index contributed by atoms with van der Waals surface area (Å²) in [5.74, 6) is -0.501. The van der Waals surface area contributed by atoms with Gasteiger partial charge < -0.3 is 11.1 Å². The van der Waals surface area contributed by atoms with E-state index in [9.17, 15) is 13.2 Å². The topological polar surface area (TPSA) is 89.3 Å². The van der Waals surface area contributed by atoms with Gasteiger partial charge in [0, 0.05) is 18.2 Å². The van der Waals surface area contributed by atoms with Gasteiger partial charge in [-0.3, -0.25) is 4.79 Å². The van der Waals surface area contributed by atoms with E-state index in [-0.39, 0.29) is 22.6 Å². The van der Waals surface area contributed by atoms with E-state index >= 15 is 0 Å². The van der Waals surface area contributed by atoms with Crippen molar-refractivity contribution in [3.63, 3.8) is 0 Å². The molecule has 5 nitrogen and oxygen atoms in total. The lowest BCUT2D eigenvalue weighted by molar-refractivity contribution is 0.0935. The first kappa shape index (κ1) is 20.1. The van der Waals surface area contributed by atoms with Crippen LogP contribution in [-0.4, -0.2) is 26.9 Å². The summed E-state index contributed by atoms with van der Waals surface area (Å²) in [6.45, 7) is 2.44. The Morgan fingerprint density at radius 2 is 1.73 bits per heavy atom. The van der Waals surface area contributed by atoms with Gasteiger partial charge in [-0.25, -0.2) is 8.42 Å². The molecule has 0 saturated carbocycles. The third-order valence-electron chi connectivity index (χ3n) is 4.24. The van der Waals surface area contributed by atoms with Crippen molar-refractivity contribution in [3.05, 3.63) is 65.7 Å². The number of benzene rings is 2. The van der Waals surface area contributed by atoms with Crippen LogP contribution in [-0.2, 0) is 15.6 Å². The zero-order valence-electron chi connectivity index (χ0n) is 15.0. The molecule has 140 valence electrons. The normalized spacial score (nSPS) is 12.5. The molecule has 2 rings (SSSR count). The monoisotopic (exact) mass is 374 g/mol. The molecular weight excluding hydrogens is 348 g/mol. The summed E-state index contributed by atoms with van der Waals surface area (Å²) < 4.78 is 25.3. The average molecular weight is 375 g/mol. The molecule has 2 aromatic carbocycles. The number of hydrogen-bond acceptors (Lipinski definition) is 4. The lowest BCUT2D eigenvalue weighted by atomic mass is 10.1. The standard InChI is InChI=1S/C20H26N2O3S/c1-2-3-10-17(14-21)22-20(23)19-13-8-7-9-16(19)15-26(24,25)18-11-5-4-6-12-18/h4-9,11-13,17H,2-3,10,14-15,21H2,1H3,(H,22,23). The first-order chi connectivity index (χ1) is 12.5. The molecule has 0 saturated heterocycles. The Morgan fingerprint density at radius 1 is 1.08 bits per heavy atom. The van der Waals surface area contributed by atoms with Crippen LogP contribution in [0.15, 0.2) is 59.5 Å². The highest BCUT2D eigenvalue weighted by Crippen LogP contribution is 2.19. The van der Waals surface area contributed by atoms with Crippen molar-refractivity contribution >= 4 is 15.7 Å². The fourth-order valence-electron chi connectivity index (χ4n) is 2.75. The number of carbonyl (C=O) groups is 1. The number of sulfone groups is 1. The molecule has 1 amide bonds. The number of nitrogens with two attached hydrogens (primary N) is 1. The Morgan fingerprint density at radius 3 is 2.38 bits per heavy atom. The predicted molar refractivity (Wildman–Crippen MR) is 104 cm³/mol. The fourth-order valence-corrected chi connectivity index (χ4v) is 4.15. The predicted octanol–water partition coefficient (Wildman–Crippen LogP) is 2.91. The van der Waals surface area contributed by atoms with E-state index in [2.05, 4.69) is 12.2 Å². The molecule has 0 aliphatic heterocycles. The molecule has 0 aromatic heterocycles. The highest BCUT2D eigenvalue weighted by atomic mass is 32.2. The molecule has 0 bridgehead atoms. The van der Waals surface area contributed by atoms with Gasteiger partial charge in [0.2, 0.25) is 0 Å². The second kappa shape index (κ2) is 9.50. The van der Waals surface area contributed by atoms with Crippen molar-refractivity contribution in [1.29, 1.82) is 0 Å². The molecule has 0 fully saturated rings. The van der Waals surface area contributed by atoms with Gasteiger partial charge in [-0.05, 0) is 30.2 Å². The molecule has 26 heavy (non-hydrogen) atoms. The van der Waals surface area contributed by atoms with Crippen LogP contribution in [0.25, 0.3) is 0 Å². The maximum absolute atomic E-state index is 12.7.